The van der Waals surface area contributed by atoms with E-state index in [9.17, 15) is 18.0 Å². The molecule has 1 aromatic carbocycles. The summed E-state index contributed by atoms with van der Waals surface area (Å²) in [5.41, 5.74) is 6.25. The van der Waals surface area contributed by atoms with E-state index in [0.717, 1.165) is 0 Å². The van der Waals surface area contributed by atoms with Crippen LogP contribution in [0, 0.1) is 0 Å². The summed E-state index contributed by atoms with van der Waals surface area (Å²) in [6.07, 6.45) is -4.51. The number of alkyl halides is 3. The van der Waals surface area contributed by atoms with E-state index in [-0.39, 0.29) is 12.2 Å². The van der Waals surface area contributed by atoms with Crippen molar-refractivity contribution < 1.29 is 28.2 Å². The number of phenols is 1. The average molecular weight is 306 g/mol. The molecule has 0 aliphatic rings. The SMILES string of the molecule is NC(Cc1ccc(O)cc1)C(=O)N(CCO)CC(F)(F)F. The van der Waals surface area contributed by atoms with Crippen molar-refractivity contribution in [1.29, 1.82) is 0 Å². The van der Waals surface area contributed by atoms with E-state index >= 15 is 0 Å². The van der Waals surface area contributed by atoms with Crippen LogP contribution < -0.4 is 5.73 Å². The van der Waals surface area contributed by atoms with Gasteiger partial charge < -0.3 is 20.8 Å². The summed E-state index contributed by atoms with van der Waals surface area (Å²) in [4.78, 5) is 12.4. The Bertz CT molecular complexity index is 463. The van der Waals surface area contributed by atoms with E-state index in [1.54, 1.807) is 0 Å². The number of amides is 1. The number of phenolic OH excluding ortho intramolecular Hbond substituents is 1. The van der Waals surface area contributed by atoms with Crippen LogP contribution >= 0.6 is 0 Å². The van der Waals surface area contributed by atoms with Gasteiger partial charge in [0, 0.05) is 6.54 Å². The van der Waals surface area contributed by atoms with Crippen molar-refractivity contribution >= 4 is 5.91 Å². The zero-order valence-corrected chi connectivity index (χ0v) is 11.2. The lowest BCUT2D eigenvalue weighted by atomic mass is 10.1. The van der Waals surface area contributed by atoms with Gasteiger partial charge in [-0.25, -0.2) is 0 Å². The molecule has 118 valence electrons. The lowest BCUT2D eigenvalue weighted by molar-refractivity contribution is -0.162. The van der Waals surface area contributed by atoms with Crippen LogP contribution in [0.1, 0.15) is 5.56 Å². The fourth-order valence-electron chi connectivity index (χ4n) is 1.81. The third-order valence-electron chi connectivity index (χ3n) is 2.76. The number of aromatic hydroxyl groups is 1. The first-order valence-corrected chi connectivity index (χ1v) is 6.23. The summed E-state index contributed by atoms with van der Waals surface area (Å²) in [6, 6.07) is 4.70. The molecule has 4 N–H and O–H groups in total. The van der Waals surface area contributed by atoms with Crippen LogP contribution in [0.15, 0.2) is 24.3 Å². The molecule has 0 aliphatic heterocycles. The molecule has 0 heterocycles. The summed E-state index contributed by atoms with van der Waals surface area (Å²) < 4.78 is 37.1. The van der Waals surface area contributed by atoms with Gasteiger partial charge in [-0.1, -0.05) is 12.1 Å². The van der Waals surface area contributed by atoms with Gasteiger partial charge in [0.25, 0.3) is 0 Å². The van der Waals surface area contributed by atoms with Crippen LogP contribution in [0.5, 0.6) is 5.75 Å². The van der Waals surface area contributed by atoms with Crippen molar-refractivity contribution in [3.05, 3.63) is 29.8 Å². The molecule has 1 amide bonds. The Labute approximate surface area is 119 Å². The lowest BCUT2D eigenvalue weighted by Gasteiger charge is -2.26. The highest BCUT2D eigenvalue weighted by Gasteiger charge is 2.34. The molecule has 1 rings (SSSR count). The largest absolute Gasteiger partial charge is 0.508 e. The van der Waals surface area contributed by atoms with E-state index in [2.05, 4.69) is 0 Å². The number of nitrogens with two attached hydrogens (primary N) is 1. The summed E-state index contributed by atoms with van der Waals surface area (Å²) >= 11 is 0. The normalized spacial score (nSPS) is 13.0. The summed E-state index contributed by atoms with van der Waals surface area (Å²) in [7, 11) is 0. The third-order valence-corrected chi connectivity index (χ3v) is 2.76. The minimum Gasteiger partial charge on any atom is -0.508 e. The van der Waals surface area contributed by atoms with E-state index in [0.29, 0.717) is 10.5 Å². The second kappa shape index (κ2) is 7.28. The number of aliphatic hydroxyl groups excluding tert-OH is 1. The molecule has 0 bridgehead atoms. The predicted octanol–water partition coefficient (Wildman–Crippen LogP) is 0.645. The summed E-state index contributed by atoms with van der Waals surface area (Å²) in [5, 5.41) is 17.9. The van der Waals surface area contributed by atoms with Gasteiger partial charge in [-0.05, 0) is 24.1 Å². The maximum Gasteiger partial charge on any atom is 0.406 e. The Morgan fingerprint density at radius 3 is 2.33 bits per heavy atom. The number of hydrogen-bond donors (Lipinski definition) is 3. The van der Waals surface area contributed by atoms with Crippen molar-refractivity contribution in [1.82, 2.24) is 4.90 Å². The topological polar surface area (TPSA) is 86.8 Å². The van der Waals surface area contributed by atoms with Gasteiger partial charge >= 0.3 is 6.18 Å². The predicted molar refractivity (Wildman–Crippen MR) is 69.5 cm³/mol. The van der Waals surface area contributed by atoms with Gasteiger partial charge in [-0.3, -0.25) is 4.79 Å². The number of carbonyl (C=O) groups is 1. The smallest absolute Gasteiger partial charge is 0.406 e. The van der Waals surface area contributed by atoms with Gasteiger partial charge in [0.05, 0.1) is 12.6 Å². The minimum absolute atomic E-state index is 0.0395. The maximum atomic E-state index is 12.4. The lowest BCUT2D eigenvalue weighted by Crippen LogP contribution is -2.49. The Kier molecular flexibility index (Phi) is 5.98. The van der Waals surface area contributed by atoms with Crippen LogP contribution in [0.4, 0.5) is 13.2 Å². The van der Waals surface area contributed by atoms with Crippen molar-refractivity contribution in [3.8, 4) is 5.75 Å². The molecule has 5 nitrogen and oxygen atoms in total. The summed E-state index contributed by atoms with van der Waals surface area (Å²) in [6.45, 7) is -2.45. The molecule has 21 heavy (non-hydrogen) atoms. The number of rotatable bonds is 6. The zero-order valence-electron chi connectivity index (χ0n) is 11.2. The average Bonchev–Trinajstić information content (AvgIpc) is 2.38. The standard InChI is InChI=1S/C13H17F3N2O3/c14-13(15,16)8-18(5-6-19)12(21)11(17)7-9-1-3-10(20)4-2-9/h1-4,11,19-20H,5-8,17H2. The monoisotopic (exact) mass is 306 g/mol. The fraction of sp³-hybridized carbons (Fsp3) is 0.462. The summed E-state index contributed by atoms with van der Waals surface area (Å²) in [5.74, 6) is -0.841. The molecule has 0 fully saturated rings. The number of halogens is 3. The van der Waals surface area contributed by atoms with Crippen LogP contribution in [0.3, 0.4) is 0 Å². The molecule has 1 atom stereocenters. The number of hydrogen-bond acceptors (Lipinski definition) is 4. The number of benzene rings is 1. The van der Waals surface area contributed by atoms with Crippen LogP contribution in [-0.4, -0.2) is 52.9 Å². The highest BCUT2D eigenvalue weighted by atomic mass is 19.4. The van der Waals surface area contributed by atoms with Gasteiger partial charge in [-0.2, -0.15) is 13.2 Å². The second-order valence-corrected chi connectivity index (χ2v) is 4.58. The highest BCUT2D eigenvalue weighted by Crippen LogP contribution is 2.17. The van der Waals surface area contributed by atoms with Crippen LogP contribution in [0.25, 0.3) is 0 Å². The van der Waals surface area contributed by atoms with Crippen molar-refractivity contribution in [3.63, 3.8) is 0 Å². The Morgan fingerprint density at radius 1 is 1.29 bits per heavy atom. The number of aliphatic hydroxyl groups is 1. The van der Waals surface area contributed by atoms with Crippen molar-refractivity contribution in [2.75, 3.05) is 19.7 Å². The Hall–Kier alpha value is -1.80. The van der Waals surface area contributed by atoms with Gasteiger partial charge in [-0.15, -0.1) is 0 Å². The molecule has 0 saturated carbocycles. The molecule has 0 radical (unpaired) electrons. The second-order valence-electron chi connectivity index (χ2n) is 4.58. The van der Waals surface area contributed by atoms with Gasteiger partial charge in [0.1, 0.15) is 12.3 Å². The Balaban J connectivity index is 2.71. The van der Waals surface area contributed by atoms with Crippen LogP contribution in [-0.2, 0) is 11.2 Å². The zero-order chi connectivity index (χ0) is 16.0. The van der Waals surface area contributed by atoms with E-state index in [4.69, 9.17) is 15.9 Å². The maximum absolute atomic E-state index is 12.4. The fourth-order valence-corrected chi connectivity index (χ4v) is 1.81. The first-order chi connectivity index (χ1) is 9.73. The molecule has 0 spiro atoms. The molecule has 1 aromatic rings. The quantitative estimate of drug-likeness (QED) is 0.720. The third kappa shape index (κ3) is 6.01. The minimum atomic E-state index is -4.55. The van der Waals surface area contributed by atoms with Gasteiger partial charge in [0.15, 0.2) is 0 Å². The first-order valence-electron chi connectivity index (χ1n) is 6.23. The molecule has 8 heteroatoms. The number of carbonyl (C=O) groups excluding carboxylic acids is 1. The molecule has 0 aromatic heterocycles. The number of nitrogens with zero attached hydrogens (tertiary/aromatic N) is 1. The molecule has 0 saturated heterocycles. The van der Waals surface area contributed by atoms with Crippen LogP contribution in [0.2, 0.25) is 0 Å². The van der Waals surface area contributed by atoms with Gasteiger partial charge in [0.2, 0.25) is 5.91 Å². The molecule has 1 unspecified atom stereocenters. The molecule has 0 aliphatic carbocycles. The van der Waals surface area contributed by atoms with E-state index < -0.39 is 37.8 Å². The highest BCUT2D eigenvalue weighted by molar-refractivity contribution is 5.82. The molecular weight excluding hydrogens is 289 g/mol. The van der Waals surface area contributed by atoms with E-state index in [1.165, 1.54) is 24.3 Å². The molecular formula is C13H17F3N2O3. The Morgan fingerprint density at radius 2 is 1.86 bits per heavy atom. The van der Waals surface area contributed by atoms with E-state index in [1.807, 2.05) is 0 Å². The van der Waals surface area contributed by atoms with Crippen molar-refractivity contribution in [2.24, 2.45) is 5.73 Å². The first kappa shape index (κ1) is 17.3. The van der Waals surface area contributed by atoms with Crippen molar-refractivity contribution in [2.45, 2.75) is 18.6 Å².